The van der Waals surface area contributed by atoms with Gasteiger partial charge in [0.25, 0.3) is 5.91 Å². The highest BCUT2D eigenvalue weighted by Crippen LogP contribution is 2.34. The number of aromatic nitrogens is 3. The van der Waals surface area contributed by atoms with E-state index in [0.29, 0.717) is 23.8 Å². The molecule has 2 N–H and O–H groups in total. The summed E-state index contributed by atoms with van der Waals surface area (Å²) in [5.41, 5.74) is 4.62. The summed E-state index contributed by atoms with van der Waals surface area (Å²) >= 11 is 3.04. The Morgan fingerprint density at radius 3 is 2.45 bits per heavy atom. The smallest absolute Gasteiger partial charge is 0.257 e. The Kier molecular flexibility index (Phi) is 6.71. The molecule has 9 heteroatoms. The molecule has 3 heterocycles. The standard InChI is InChI=1S/C24H25N5O2S2/c1-14-11-15(2)29(28-14)13-18-5-7-19(8-6-18)23(31)27-24-26-22(16(3)32-24)21-10-9-20(33-21)12-25-17(4)30/h5-11H,12-13H2,1-4H3,(H,25,30)(H,26,27,31). The minimum Gasteiger partial charge on any atom is -0.351 e. The van der Waals surface area contributed by atoms with Crippen LogP contribution in [0.1, 0.15) is 44.0 Å². The lowest BCUT2D eigenvalue weighted by Gasteiger charge is -2.06. The molecule has 0 unspecified atom stereocenters. The maximum Gasteiger partial charge on any atom is 0.257 e. The number of carbonyl (C=O) groups is 2. The number of rotatable bonds is 7. The lowest BCUT2D eigenvalue weighted by Crippen LogP contribution is -2.17. The van der Waals surface area contributed by atoms with Gasteiger partial charge in [-0.1, -0.05) is 12.1 Å². The van der Waals surface area contributed by atoms with Crippen LogP contribution in [-0.2, 0) is 17.9 Å². The molecule has 0 bridgehead atoms. The number of hydrogen-bond donors (Lipinski definition) is 2. The molecule has 7 nitrogen and oxygen atoms in total. The van der Waals surface area contributed by atoms with E-state index in [0.717, 1.165) is 37.3 Å². The molecule has 0 atom stereocenters. The Hall–Kier alpha value is -3.30. The number of nitrogens with zero attached hydrogens (tertiary/aromatic N) is 3. The minimum absolute atomic E-state index is 0.0561. The highest BCUT2D eigenvalue weighted by atomic mass is 32.1. The van der Waals surface area contributed by atoms with Gasteiger partial charge in [0.05, 0.1) is 29.4 Å². The van der Waals surface area contributed by atoms with Crippen LogP contribution in [0.15, 0.2) is 42.5 Å². The van der Waals surface area contributed by atoms with E-state index in [2.05, 4.69) is 20.7 Å². The Bertz CT molecular complexity index is 1300. The fourth-order valence-corrected chi connectivity index (χ4v) is 5.31. The highest BCUT2D eigenvalue weighted by molar-refractivity contribution is 7.18. The fraction of sp³-hybridized carbons (Fsp3) is 0.250. The van der Waals surface area contributed by atoms with E-state index < -0.39 is 0 Å². The molecule has 4 rings (SSSR count). The number of thiophene rings is 1. The third kappa shape index (κ3) is 5.55. The van der Waals surface area contributed by atoms with Crippen LogP contribution in [0.2, 0.25) is 0 Å². The first-order valence-corrected chi connectivity index (χ1v) is 12.1. The van der Waals surface area contributed by atoms with Crippen LogP contribution in [0.3, 0.4) is 0 Å². The second kappa shape index (κ2) is 9.68. The van der Waals surface area contributed by atoms with Gasteiger partial charge in [-0.25, -0.2) is 4.98 Å². The highest BCUT2D eigenvalue weighted by Gasteiger charge is 2.15. The SMILES string of the molecule is CC(=O)NCc1ccc(-c2nc(NC(=O)c3ccc(Cn4nc(C)cc4C)cc3)sc2C)s1. The largest absolute Gasteiger partial charge is 0.351 e. The summed E-state index contributed by atoms with van der Waals surface area (Å²) in [4.78, 5) is 31.6. The molecule has 0 saturated heterocycles. The van der Waals surface area contributed by atoms with Crippen molar-refractivity contribution in [2.75, 3.05) is 5.32 Å². The lowest BCUT2D eigenvalue weighted by atomic mass is 10.1. The molecule has 0 spiro atoms. The van der Waals surface area contributed by atoms with Crippen LogP contribution >= 0.6 is 22.7 Å². The number of hydrogen-bond acceptors (Lipinski definition) is 6. The number of thiazole rings is 1. The van der Waals surface area contributed by atoms with Crippen LogP contribution in [0.25, 0.3) is 10.6 Å². The molecule has 0 aliphatic heterocycles. The van der Waals surface area contributed by atoms with E-state index in [-0.39, 0.29) is 11.8 Å². The van der Waals surface area contributed by atoms with Gasteiger partial charge < -0.3 is 5.32 Å². The molecule has 1 aromatic carbocycles. The maximum absolute atomic E-state index is 12.8. The zero-order chi connectivity index (χ0) is 23.5. The van der Waals surface area contributed by atoms with Crippen molar-refractivity contribution in [1.29, 1.82) is 0 Å². The van der Waals surface area contributed by atoms with Gasteiger partial charge in [-0.2, -0.15) is 5.10 Å². The van der Waals surface area contributed by atoms with Gasteiger partial charge in [0.15, 0.2) is 5.13 Å². The first kappa shape index (κ1) is 22.9. The van der Waals surface area contributed by atoms with E-state index in [9.17, 15) is 9.59 Å². The predicted octanol–water partition coefficient (Wildman–Crippen LogP) is 4.93. The Labute approximate surface area is 200 Å². The number of carbonyl (C=O) groups excluding carboxylic acids is 2. The first-order chi connectivity index (χ1) is 15.8. The summed E-state index contributed by atoms with van der Waals surface area (Å²) in [6.45, 7) is 8.67. The average molecular weight is 480 g/mol. The van der Waals surface area contributed by atoms with Gasteiger partial charge in [-0.3, -0.25) is 19.6 Å². The van der Waals surface area contributed by atoms with Crippen molar-refractivity contribution in [3.8, 4) is 10.6 Å². The van der Waals surface area contributed by atoms with E-state index in [1.54, 1.807) is 11.3 Å². The topological polar surface area (TPSA) is 88.9 Å². The molecule has 0 saturated carbocycles. The fourth-order valence-electron chi connectivity index (χ4n) is 3.43. The second-order valence-corrected chi connectivity index (χ2v) is 10.2. The molecule has 0 radical (unpaired) electrons. The van der Waals surface area contributed by atoms with Crippen LogP contribution in [-0.4, -0.2) is 26.6 Å². The zero-order valence-electron chi connectivity index (χ0n) is 18.9. The van der Waals surface area contributed by atoms with Gasteiger partial charge in [0.1, 0.15) is 0 Å². The van der Waals surface area contributed by atoms with Crippen molar-refractivity contribution in [3.05, 3.63) is 74.7 Å². The number of aryl methyl sites for hydroxylation is 3. The third-order valence-electron chi connectivity index (χ3n) is 5.08. The summed E-state index contributed by atoms with van der Waals surface area (Å²) in [5, 5.41) is 10.8. The Morgan fingerprint density at radius 1 is 1.03 bits per heavy atom. The van der Waals surface area contributed by atoms with E-state index in [4.69, 9.17) is 0 Å². The van der Waals surface area contributed by atoms with E-state index >= 15 is 0 Å². The van der Waals surface area contributed by atoms with E-state index in [1.807, 2.05) is 67.9 Å². The van der Waals surface area contributed by atoms with Crippen LogP contribution in [0.5, 0.6) is 0 Å². The zero-order valence-corrected chi connectivity index (χ0v) is 20.6. The van der Waals surface area contributed by atoms with Crippen molar-refractivity contribution >= 4 is 39.6 Å². The van der Waals surface area contributed by atoms with Gasteiger partial charge in [-0.15, -0.1) is 22.7 Å². The first-order valence-electron chi connectivity index (χ1n) is 10.5. The normalized spacial score (nSPS) is 10.9. The second-order valence-electron chi connectivity index (χ2n) is 7.84. The molecular weight excluding hydrogens is 454 g/mol. The van der Waals surface area contributed by atoms with Crippen molar-refractivity contribution in [2.24, 2.45) is 0 Å². The monoisotopic (exact) mass is 479 g/mol. The number of nitrogens with one attached hydrogen (secondary N) is 2. The molecule has 3 aromatic heterocycles. The molecule has 170 valence electrons. The molecule has 2 amide bonds. The van der Waals surface area contributed by atoms with Crippen LogP contribution in [0.4, 0.5) is 5.13 Å². The molecular formula is C24H25N5O2S2. The maximum atomic E-state index is 12.8. The van der Waals surface area contributed by atoms with Crippen molar-refractivity contribution < 1.29 is 9.59 Å². The van der Waals surface area contributed by atoms with Crippen molar-refractivity contribution in [1.82, 2.24) is 20.1 Å². The van der Waals surface area contributed by atoms with Crippen molar-refractivity contribution in [2.45, 2.75) is 40.8 Å². The quantitative estimate of drug-likeness (QED) is 0.393. The Morgan fingerprint density at radius 2 is 1.79 bits per heavy atom. The summed E-state index contributed by atoms with van der Waals surface area (Å²) in [6.07, 6.45) is 0. The molecule has 4 aromatic rings. The molecule has 33 heavy (non-hydrogen) atoms. The van der Waals surface area contributed by atoms with Crippen LogP contribution in [0, 0.1) is 20.8 Å². The number of benzene rings is 1. The van der Waals surface area contributed by atoms with Gasteiger partial charge in [-0.05, 0) is 56.7 Å². The molecule has 0 fully saturated rings. The van der Waals surface area contributed by atoms with Crippen molar-refractivity contribution in [3.63, 3.8) is 0 Å². The minimum atomic E-state index is -0.189. The average Bonchev–Trinajstić information content (AvgIpc) is 3.46. The summed E-state index contributed by atoms with van der Waals surface area (Å²) in [7, 11) is 0. The number of anilines is 1. The predicted molar refractivity (Wildman–Crippen MR) is 133 cm³/mol. The molecule has 0 aliphatic rings. The lowest BCUT2D eigenvalue weighted by molar-refractivity contribution is -0.119. The van der Waals surface area contributed by atoms with Gasteiger partial charge in [0.2, 0.25) is 5.91 Å². The number of amides is 2. The van der Waals surface area contributed by atoms with Gasteiger partial charge in [0, 0.05) is 27.9 Å². The molecule has 0 aliphatic carbocycles. The Balaban J connectivity index is 1.41. The summed E-state index contributed by atoms with van der Waals surface area (Å²) in [5.74, 6) is -0.245. The third-order valence-corrected chi connectivity index (χ3v) is 7.05. The van der Waals surface area contributed by atoms with Gasteiger partial charge >= 0.3 is 0 Å². The summed E-state index contributed by atoms with van der Waals surface area (Å²) in [6, 6.07) is 13.6. The summed E-state index contributed by atoms with van der Waals surface area (Å²) < 4.78 is 1.95. The van der Waals surface area contributed by atoms with E-state index in [1.165, 1.54) is 18.3 Å². The van der Waals surface area contributed by atoms with Crippen LogP contribution < -0.4 is 10.6 Å².